The average Bonchev–Trinajstić information content (AvgIpc) is 3.76. The Bertz CT molecular complexity index is 1750. The molecule has 0 unspecified atom stereocenters. The number of nitrogens with one attached hydrogen (secondary N) is 1. The summed E-state index contributed by atoms with van der Waals surface area (Å²) in [5.41, 5.74) is 3.56. The molecule has 0 radical (unpaired) electrons. The van der Waals surface area contributed by atoms with Crippen molar-refractivity contribution >= 4 is 22.4 Å². The number of rotatable bonds is 12. The first kappa shape index (κ1) is 28.5. The van der Waals surface area contributed by atoms with Gasteiger partial charge in [-0.1, -0.05) is 18.2 Å². The molecule has 1 aliphatic carbocycles. The van der Waals surface area contributed by atoms with Crippen LogP contribution in [-0.4, -0.2) is 49.7 Å². The van der Waals surface area contributed by atoms with Crippen LogP contribution in [0.15, 0.2) is 54.9 Å². The number of nitrogens with zero attached hydrogens (tertiary/aromatic N) is 5. The zero-order chi connectivity index (χ0) is 29.9. The molecule has 2 aromatic carbocycles. The summed E-state index contributed by atoms with van der Waals surface area (Å²) in [7, 11) is 0. The van der Waals surface area contributed by atoms with Gasteiger partial charge in [0.15, 0.2) is 17.4 Å². The fraction of sp³-hybridized carbons (Fsp3) is 0.312. The van der Waals surface area contributed by atoms with Crippen molar-refractivity contribution in [3.05, 3.63) is 83.3 Å². The van der Waals surface area contributed by atoms with Gasteiger partial charge in [-0.3, -0.25) is 9.67 Å². The molecule has 6 rings (SSSR count). The molecule has 43 heavy (non-hydrogen) atoms. The van der Waals surface area contributed by atoms with Crippen molar-refractivity contribution in [2.75, 3.05) is 25.1 Å². The zero-order valence-corrected chi connectivity index (χ0v) is 24.0. The summed E-state index contributed by atoms with van der Waals surface area (Å²) in [5, 5.41) is 18.0. The van der Waals surface area contributed by atoms with Crippen LogP contribution in [0.3, 0.4) is 0 Å². The number of aromatic nitrogens is 5. The number of para-hydroxylation sites is 1. The van der Waals surface area contributed by atoms with Gasteiger partial charge in [-0.25, -0.2) is 18.7 Å². The van der Waals surface area contributed by atoms with Gasteiger partial charge in [-0.15, -0.1) is 0 Å². The zero-order valence-electron chi connectivity index (χ0n) is 24.0. The minimum atomic E-state index is -0.693. The predicted octanol–water partition coefficient (Wildman–Crippen LogP) is 6.13. The number of aliphatic hydroxyl groups is 1. The Hall–Kier alpha value is -4.64. The van der Waals surface area contributed by atoms with E-state index in [1.54, 1.807) is 17.1 Å². The molecule has 1 fully saturated rings. The van der Waals surface area contributed by atoms with E-state index in [0.29, 0.717) is 47.5 Å². The molecule has 222 valence electrons. The molecule has 0 saturated heterocycles. The normalized spacial score (nSPS) is 13.0. The maximum Gasteiger partial charge on any atom is 0.183 e. The van der Waals surface area contributed by atoms with Crippen LogP contribution >= 0.6 is 0 Å². The predicted molar refractivity (Wildman–Crippen MR) is 159 cm³/mol. The van der Waals surface area contributed by atoms with Gasteiger partial charge >= 0.3 is 0 Å². The van der Waals surface area contributed by atoms with Crippen LogP contribution in [0.1, 0.15) is 36.1 Å². The van der Waals surface area contributed by atoms with Gasteiger partial charge in [0.2, 0.25) is 0 Å². The van der Waals surface area contributed by atoms with Crippen LogP contribution in [0.4, 0.5) is 20.3 Å². The molecular formula is C32H32F2N6O3. The Morgan fingerprint density at radius 2 is 1.81 bits per heavy atom. The standard InChI is InChI=1S/C32H32F2N6O3/c1-19-15-35-20(2)12-27(19)37-31-29(42-11-5-10-41)16-36-32(38-31)30-23-6-3-4-7-28(23)40(39-30)17-24-25(33)13-22(14-26(24)34)43-18-21-8-9-21/h3-4,6-7,12-16,21,41H,5,8-11,17-18H2,1-2H3,(H,35,36,37,38). The topological polar surface area (TPSA) is 107 Å². The lowest BCUT2D eigenvalue weighted by atomic mass is 10.1. The first-order chi connectivity index (χ1) is 20.9. The molecule has 3 heterocycles. The summed E-state index contributed by atoms with van der Waals surface area (Å²) in [6.45, 7) is 4.43. The fourth-order valence-electron chi connectivity index (χ4n) is 4.69. The summed E-state index contributed by atoms with van der Waals surface area (Å²) >= 11 is 0. The van der Waals surface area contributed by atoms with Crippen LogP contribution in [0.5, 0.6) is 11.5 Å². The average molecular weight is 587 g/mol. The van der Waals surface area contributed by atoms with Crippen molar-refractivity contribution in [2.24, 2.45) is 5.92 Å². The third-order valence-electron chi connectivity index (χ3n) is 7.28. The second kappa shape index (κ2) is 12.3. The molecule has 1 aliphatic rings. The number of hydrogen-bond donors (Lipinski definition) is 2. The lowest BCUT2D eigenvalue weighted by molar-refractivity contribution is 0.233. The van der Waals surface area contributed by atoms with Crippen LogP contribution in [0, 0.1) is 31.4 Å². The smallest absolute Gasteiger partial charge is 0.183 e. The number of aliphatic hydroxyl groups excluding tert-OH is 1. The van der Waals surface area contributed by atoms with Gasteiger partial charge in [0.05, 0.1) is 31.5 Å². The molecule has 0 spiro atoms. The van der Waals surface area contributed by atoms with Gasteiger partial charge < -0.3 is 19.9 Å². The molecule has 9 nitrogen and oxygen atoms in total. The van der Waals surface area contributed by atoms with Crippen molar-refractivity contribution in [1.29, 1.82) is 0 Å². The summed E-state index contributed by atoms with van der Waals surface area (Å²) in [5.74, 6) is 0.393. The summed E-state index contributed by atoms with van der Waals surface area (Å²) in [6.07, 6.45) is 5.94. The first-order valence-electron chi connectivity index (χ1n) is 14.3. The van der Waals surface area contributed by atoms with Crippen LogP contribution < -0.4 is 14.8 Å². The van der Waals surface area contributed by atoms with Crippen LogP contribution in [-0.2, 0) is 6.54 Å². The van der Waals surface area contributed by atoms with Crippen molar-refractivity contribution < 1.29 is 23.4 Å². The lowest BCUT2D eigenvalue weighted by Crippen LogP contribution is -2.08. The van der Waals surface area contributed by atoms with E-state index in [0.717, 1.165) is 35.2 Å². The molecule has 0 aliphatic heterocycles. The Labute approximate surface area is 247 Å². The highest BCUT2D eigenvalue weighted by Gasteiger charge is 2.23. The van der Waals surface area contributed by atoms with Crippen LogP contribution in [0.25, 0.3) is 22.4 Å². The molecule has 1 saturated carbocycles. The van der Waals surface area contributed by atoms with E-state index in [1.807, 2.05) is 44.2 Å². The number of benzene rings is 2. The number of ether oxygens (including phenoxy) is 2. The second-order valence-corrected chi connectivity index (χ2v) is 10.7. The van der Waals surface area contributed by atoms with Gasteiger partial charge in [0.25, 0.3) is 0 Å². The van der Waals surface area contributed by atoms with Gasteiger partial charge in [0, 0.05) is 53.7 Å². The maximum absolute atomic E-state index is 15.1. The second-order valence-electron chi connectivity index (χ2n) is 10.7. The summed E-state index contributed by atoms with van der Waals surface area (Å²) in [4.78, 5) is 13.6. The van der Waals surface area contributed by atoms with E-state index >= 15 is 8.78 Å². The van der Waals surface area contributed by atoms with Crippen molar-refractivity contribution in [2.45, 2.75) is 39.7 Å². The quantitative estimate of drug-likeness (QED) is 0.168. The molecule has 0 atom stereocenters. The Balaban J connectivity index is 1.36. The third-order valence-corrected chi connectivity index (χ3v) is 7.28. The maximum atomic E-state index is 15.1. The number of aryl methyl sites for hydroxylation is 2. The minimum absolute atomic E-state index is 0.00874. The number of anilines is 2. The highest BCUT2D eigenvalue weighted by atomic mass is 19.1. The molecule has 0 amide bonds. The van der Waals surface area contributed by atoms with Crippen molar-refractivity contribution in [1.82, 2.24) is 24.7 Å². The Morgan fingerprint density at radius 3 is 2.58 bits per heavy atom. The third kappa shape index (κ3) is 6.41. The largest absolute Gasteiger partial charge is 0.493 e. The Morgan fingerprint density at radius 1 is 1.02 bits per heavy atom. The highest BCUT2D eigenvalue weighted by molar-refractivity contribution is 5.92. The molecule has 3 aromatic heterocycles. The first-order valence-corrected chi connectivity index (χ1v) is 14.3. The lowest BCUT2D eigenvalue weighted by Gasteiger charge is -2.14. The number of pyridine rings is 1. The minimum Gasteiger partial charge on any atom is -0.493 e. The van der Waals surface area contributed by atoms with Crippen LogP contribution in [0.2, 0.25) is 0 Å². The van der Waals surface area contributed by atoms with Crippen molar-refractivity contribution in [3.8, 4) is 23.0 Å². The van der Waals surface area contributed by atoms with E-state index in [1.165, 1.54) is 12.1 Å². The molecule has 2 N–H and O–H groups in total. The molecular weight excluding hydrogens is 554 g/mol. The van der Waals surface area contributed by atoms with Gasteiger partial charge in [-0.05, 0) is 50.3 Å². The highest BCUT2D eigenvalue weighted by Crippen LogP contribution is 2.33. The van der Waals surface area contributed by atoms with E-state index in [4.69, 9.17) is 19.6 Å². The van der Waals surface area contributed by atoms with E-state index in [9.17, 15) is 5.11 Å². The summed E-state index contributed by atoms with van der Waals surface area (Å²) in [6, 6.07) is 11.8. The van der Waals surface area contributed by atoms with Gasteiger partial charge in [0.1, 0.15) is 23.1 Å². The Kier molecular flexibility index (Phi) is 8.15. The molecule has 0 bridgehead atoms. The summed E-state index contributed by atoms with van der Waals surface area (Å²) < 4.78 is 43.3. The monoisotopic (exact) mass is 586 g/mol. The van der Waals surface area contributed by atoms with E-state index < -0.39 is 11.6 Å². The van der Waals surface area contributed by atoms with E-state index in [-0.39, 0.29) is 31.1 Å². The number of fused-ring (bicyclic) bond motifs is 1. The molecule has 5 aromatic rings. The fourth-order valence-corrected chi connectivity index (χ4v) is 4.69. The van der Waals surface area contributed by atoms with E-state index in [2.05, 4.69) is 15.3 Å². The van der Waals surface area contributed by atoms with Gasteiger partial charge in [-0.2, -0.15) is 5.10 Å². The molecule has 11 heteroatoms. The SMILES string of the molecule is Cc1cc(Nc2nc(-c3nn(Cc4c(F)cc(OCC5CC5)cc4F)c4ccccc34)ncc2OCCCO)c(C)cn1. The number of hydrogen-bond acceptors (Lipinski definition) is 8. The van der Waals surface area contributed by atoms with Crippen molar-refractivity contribution in [3.63, 3.8) is 0 Å². The number of halogens is 2.